The second-order valence-corrected chi connectivity index (χ2v) is 7.50. The van der Waals surface area contributed by atoms with Crippen molar-refractivity contribution in [2.24, 2.45) is 0 Å². The van der Waals surface area contributed by atoms with Crippen LogP contribution < -0.4 is 0 Å². The molecule has 0 radical (unpaired) electrons. The van der Waals surface area contributed by atoms with Gasteiger partial charge >= 0.3 is 0 Å². The summed E-state index contributed by atoms with van der Waals surface area (Å²) in [5, 5.41) is -0.449. The van der Waals surface area contributed by atoms with Crippen molar-refractivity contribution >= 4 is 9.84 Å². The summed E-state index contributed by atoms with van der Waals surface area (Å²) in [6, 6.07) is 9.51. The smallest absolute Gasteiger partial charge is 0.158 e. The van der Waals surface area contributed by atoms with Crippen molar-refractivity contribution in [2.45, 2.75) is 38.0 Å². The molecule has 1 aromatic carbocycles. The quantitative estimate of drug-likeness (QED) is 0.772. The lowest BCUT2D eigenvalue weighted by molar-refractivity contribution is 0.302. The van der Waals surface area contributed by atoms with Crippen molar-refractivity contribution in [3.05, 3.63) is 35.9 Å². The first-order chi connectivity index (χ1) is 8.90. The average molecular weight is 283 g/mol. The number of benzene rings is 1. The van der Waals surface area contributed by atoms with Crippen LogP contribution in [0.2, 0.25) is 0 Å². The van der Waals surface area contributed by atoms with Crippen LogP contribution in [0.5, 0.6) is 0 Å². The Labute approximate surface area is 117 Å². The topological polar surface area (TPSA) is 37.4 Å². The summed E-state index contributed by atoms with van der Waals surface area (Å²) in [5.74, 6) is 0.265. The minimum atomic E-state index is -3.12. The third-order valence-electron chi connectivity index (χ3n) is 3.55. The highest BCUT2D eigenvalue weighted by Crippen LogP contribution is 2.29. The summed E-state index contributed by atoms with van der Waals surface area (Å²) in [6.45, 7) is 3.99. The van der Waals surface area contributed by atoms with Crippen LogP contribution in [0, 0.1) is 0 Å². The molecule has 4 heteroatoms. The SMILES string of the molecule is CCCCS(=O)(=O)C(c1ccccc1)[C@H](C)N(C)C. The summed E-state index contributed by atoms with van der Waals surface area (Å²) in [4.78, 5) is 1.97. The van der Waals surface area contributed by atoms with E-state index in [4.69, 9.17) is 0 Å². The van der Waals surface area contributed by atoms with Crippen LogP contribution in [0.4, 0.5) is 0 Å². The lowest BCUT2D eigenvalue weighted by atomic mass is 10.1. The fourth-order valence-corrected chi connectivity index (χ4v) is 4.53. The van der Waals surface area contributed by atoms with Gasteiger partial charge in [0.1, 0.15) is 5.25 Å². The van der Waals surface area contributed by atoms with E-state index in [2.05, 4.69) is 0 Å². The van der Waals surface area contributed by atoms with Gasteiger partial charge in [-0.1, -0.05) is 43.7 Å². The van der Waals surface area contributed by atoms with Gasteiger partial charge < -0.3 is 4.90 Å². The first kappa shape index (κ1) is 16.2. The second-order valence-electron chi connectivity index (χ2n) is 5.26. The molecule has 0 spiro atoms. The molecule has 108 valence electrons. The van der Waals surface area contributed by atoms with Crippen molar-refractivity contribution in [3.63, 3.8) is 0 Å². The Morgan fingerprint density at radius 1 is 1.16 bits per heavy atom. The summed E-state index contributed by atoms with van der Waals surface area (Å²) >= 11 is 0. The van der Waals surface area contributed by atoms with Crippen LogP contribution >= 0.6 is 0 Å². The van der Waals surface area contributed by atoms with E-state index in [-0.39, 0.29) is 11.8 Å². The van der Waals surface area contributed by atoms with Gasteiger partial charge in [0.15, 0.2) is 9.84 Å². The lowest BCUT2D eigenvalue weighted by Crippen LogP contribution is -2.36. The van der Waals surface area contributed by atoms with E-state index in [9.17, 15) is 8.42 Å². The van der Waals surface area contributed by atoms with Crippen LogP contribution in [0.3, 0.4) is 0 Å². The average Bonchev–Trinajstić information content (AvgIpc) is 2.37. The van der Waals surface area contributed by atoms with Gasteiger partial charge in [0.2, 0.25) is 0 Å². The minimum absolute atomic E-state index is 0.0377. The Bertz CT molecular complexity index is 468. The molecular formula is C15H25NO2S. The Balaban J connectivity index is 3.13. The summed E-state index contributed by atoms with van der Waals surface area (Å²) in [6.07, 6.45) is 1.63. The molecule has 0 amide bonds. The van der Waals surface area contributed by atoms with Gasteiger partial charge in [-0.15, -0.1) is 0 Å². The third kappa shape index (κ3) is 4.32. The van der Waals surface area contributed by atoms with Crippen LogP contribution in [0.15, 0.2) is 30.3 Å². The molecule has 3 nitrogen and oxygen atoms in total. The second kappa shape index (κ2) is 7.06. The Kier molecular flexibility index (Phi) is 6.01. The first-order valence-corrected chi connectivity index (χ1v) is 8.54. The van der Waals surface area contributed by atoms with E-state index in [0.29, 0.717) is 0 Å². The zero-order valence-corrected chi connectivity index (χ0v) is 13.2. The maximum Gasteiger partial charge on any atom is 0.158 e. The monoisotopic (exact) mass is 283 g/mol. The van der Waals surface area contributed by atoms with Gasteiger partial charge in [-0.2, -0.15) is 0 Å². The molecule has 0 fully saturated rings. The summed E-state index contributed by atoms with van der Waals surface area (Å²) < 4.78 is 25.2. The normalized spacial score (nSPS) is 15.4. The Hall–Kier alpha value is -0.870. The van der Waals surface area contributed by atoms with Crippen LogP contribution in [0.1, 0.15) is 37.5 Å². The van der Waals surface area contributed by atoms with Crippen LogP contribution in [-0.4, -0.2) is 39.2 Å². The number of nitrogens with zero attached hydrogens (tertiary/aromatic N) is 1. The van der Waals surface area contributed by atoms with E-state index >= 15 is 0 Å². The largest absolute Gasteiger partial charge is 0.305 e. The molecule has 0 saturated heterocycles. The Morgan fingerprint density at radius 2 is 1.74 bits per heavy atom. The standard InChI is InChI=1S/C15H25NO2S/c1-5-6-12-19(17,18)15(13(2)16(3)4)14-10-8-7-9-11-14/h7-11,13,15H,5-6,12H2,1-4H3/t13-,15?/m0/s1. The van der Waals surface area contributed by atoms with Gasteiger partial charge in [0.05, 0.1) is 5.75 Å². The fraction of sp³-hybridized carbons (Fsp3) is 0.600. The highest BCUT2D eigenvalue weighted by Gasteiger charge is 2.32. The molecule has 19 heavy (non-hydrogen) atoms. The van der Waals surface area contributed by atoms with Crippen molar-refractivity contribution in [1.82, 2.24) is 4.90 Å². The minimum Gasteiger partial charge on any atom is -0.305 e. The van der Waals surface area contributed by atoms with Gasteiger partial charge in [0, 0.05) is 6.04 Å². The lowest BCUT2D eigenvalue weighted by Gasteiger charge is -2.29. The van der Waals surface area contributed by atoms with Crippen molar-refractivity contribution < 1.29 is 8.42 Å². The zero-order chi connectivity index (χ0) is 14.5. The van der Waals surface area contributed by atoms with E-state index in [0.717, 1.165) is 18.4 Å². The fourth-order valence-electron chi connectivity index (χ4n) is 2.17. The number of unbranched alkanes of at least 4 members (excludes halogenated alkanes) is 1. The molecule has 1 unspecified atom stereocenters. The molecule has 0 aliphatic rings. The van der Waals surface area contributed by atoms with Gasteiger partial charge in [-0.3, -0.25) is 0 Å². The van der Waals surface area contributed by atoms with Crippen LogP contribution in [0.25, 0.3) is 0 Å². The van der Waals surface area contributed by atoms with E-state index in [1.54, 1.807) is 0 Å². The van der Waals surface area contributed by atoms with E-state index in [1.807, 2.05) is 63.2 Å². The molecule has 0 saturated carbocycles. The number of rotatable bonds is 7. The third-order valence-corrected chi connectivity index (χ3v) is 5.85. The van der Waals surface area contributed by atoms with Crippen molar-refractivity contribution in [1.29, 1.82) is 0 Å². The van der Waals surface area contributed by atoms with Crippen LogP contribution in [-0.2, 0) is 9.84 Å². The van der Waals surface area contributed by atoms with E-state index < -0.39 is 15.1 Å². The molecule has 0 N–H and O–H groups in total. The maximum absolute atomic E-state index is 12.6. The summed E-state index contributed by atoms with van der Waals surface area (Å²) in [5.41, 5.74) is 0.889. The predicted octanol–water partition coefficient (Wildman–Crippen LogP) is 2.89. The highest BCUT2D eigenvalue weighted by atomic mass is 32.2. The number of hydrogen-bond acceptors (Lipinski definition) is 3. The molecule has 0 aromatic heterocycles. The number of hydrogen-bond donors (Lipinski definition) is 0. The highest BCUT2D eigenvalue weighted by molar-refractivity contribution is 7.91. The zero-order valence-electron chi connectivity index (χ0n) is 12.3. The molecule has 1 aromatic rings. The molecule has 1 rings (SSSR count). The first-order valence-electron chi connectivity index (χ1n) is 6.83. The van der Waals surface area contributed by atoms with Gasteiger partial charge in [0.25, 0.3) is 0 Å². The predicted molar refractivity (Wildman–Crippen MR) is 81.0 cm³/mol. The number of sulfone groups is 1. The van der Waals surface area contributed by atoms with Gasteiger partial charge in [-0.25, -0.2) is 8.42 Å². The number of likely N-dealkylation sites (N-methyl/N-ethyl adjacent to an activating group) is 1. The maximum atomic E-state index is 12.6. The van der Waals surface area contributed by atoms with Crippen molar-refractivity contribution in [3.8, 4) is 0 Å². The van der Waals surface area contributed by atoms with Crippen molar-refractivity contribution in [2.75, 3.05) is 19.8 Å². The molecule has 0 aliphatic heterocycles. The van der Waals surface area contributed by atoms with Gasteiger partial charge in [-0.05, 0) is 33.0 Å². The molecule has 0 heterocycles. The van der Waals surface area contributed by atoms with E-state index in [1.165, 1.54) is 0 Å². The summed E-state index contributed by atoms with van der Waals surface area (Å²) in [7, 11) is 0.730. The molecule has 2 atom stereocenters. The molecule has 0 aliphatic carbocycles. The Morgan fingerprint density at radius 3 is 2.21 bits per heavy atom. The molecule has 0 bridgehead atoms. The molecular weight excluding hydrogens is 258 g/mol.